The molecule has 0 saturated carbocycles. The Balaban J connectivity index is 1.72. The normalized spacial score (nSPS) is 18.5. The highest BCUT2D eigenvalue weighted by Gasteiger charge is 2.32. The number of carbonyl (C=O) groups excluding carboxylic acids is 3. The first kappa shape index (κ1) is 15.5. The molecule has 6 heteroatoms. The van der Waals surface area contributed by atoms with Gasteiger partial charge in [-0.25, -0.2) is 4.79 Å². The van der Waals surface area contributed by atoms with Crippen molar-refractivity contribution in [2.75, 3.05) is 25.5 Å². The summed E-state index contributed by atoms with van der Waals surface area (Å²) in [6, 6.07) is 4.71. The third kappa shape index (κ3) is 3.06. The van der Waals surface area contributed by atoms with E-state index in [9.17, 15) is 14.4 Å². The van der Waals surface area contributed by atoms with Crippen LogP contribution in [-0.4, -0.2) is 47.8 Å². The van der Waals surface area contributed by atoms with E-state index in [1.165, 1.54) is 13.5 Å². The highest BCUT2D eigenvalue weighted by Crippen LogP contribution is 2.25. The van der Waals surface area contributed by atoms with Crippen molar-refractivity contribution >= 4 is 23.5 Å². The molecule has 3 rings (SSSR count). The third-order valence-corrected chi connectivity index (χ3v) is 4.48. The highest BCUT2D eigenvalue weighted by atomic mass is 16.2. The van der Waals surface area contributed by atoms with Gasteiger partial charge in [0.2, 0.25) is 0 Å². The first-order valence-corrected chi connectivity index (χ1v) is 8.10. The summed E-state index contributed by atoms with van der Waals surface area (Å²) in [4.78, 5) is 39.2. The SMILES string of the molecule is CN1C(=O)c2ccc(NC(=O)N3CCCCCCC3)cc2C1=O. The Labute approximate surface area is 135 Å². The average Bonchev–Trinajstić information content (AvgIpc) is 2.71. The van der Waals surface area contributed by atoms with Crippen LogP contribution in [-0.2, 0) is 0 Å². The predicted molar refractivity (Wildman–Crippen MR) is 86.5 cm³/mol. The summed E-state index contributed by atoms with van der Waals surface area (Å²) in [6.45, 7) is 1.52. The molecule has 4 amide bonds. The summed E-state index contributed by atoms with van der Waals surface area (Å²) < 4.78 is 0. The average molecular weight is 315 g/mol. The maximum atomic E-state index is 12.4. The summed E-state index contributed by atoms with van der Waals surface area (Å²) in [7, 11) is 1.46. The number of hydrogen-bond acceptors (Lipinski definition) is 3. The van der Waals surface area contributed by atoms with Crippen LogP contribution in [0, 0.1) is 0 Å². The summed E-state index contributed by atoms with van der Waals surface area (Å²) in [5.74, 6) is -0.626. The first-order valence-electron chi connectivity index (χ1n) is 8.10. The molecule has 0 atom stereocenters. The Morgan fingerprint density at radius 2 is 1.57 bits per heavy atom. The summed E-state index contributed by atoms with van der Waals surface area (Å²) >= 11 is 0. The van der Waals surface area contributed by atoms with Gasteiger partial charge in [0.15, 0.2) is 0 Å². The Hall–Kier alpha value is -2.37. The predicted octanol–water partition coefficient (Wildman–Crippen LogP) is 2.71. The highest BCUT2D eigenvalue weighted by molar-refractivity contribution is 6.21. The Morgan fingerprint density at radius 3 is 2.26 bits per heavy atom. The first-order chi connectivity index (χ1) is 11.1. The Kier molecular flexibility index (Phi) is 4.32. The quantitative estimate of drug-likeness (QED) is 0.810. The molecule has 2 aliphatic heterocycles. The lowest BCUT2D eigenvalue weighted by atomic mass is 10.1. The summed E-state index contributed by atoms with van der Waals surface area (Å²) in [5.41, 5.74) is 1.29. The Morgan fingerprint density at radius 1 is 0.957 bits per heavy atom. The van der Waals surface area contributed by atoms with E-state index in [4.69, 9.17) is 0 Å². The van der Waals surface area contributed by atoms with Crippen LogP contribution >= 0.6 is 0 Å². The van der Waals surface area contributed by atoms with Gasteiger partial charge in [0.25, 0.3) is 11.8 Å². The van der Waals surface area contributed by atoms with Crippen LogP contribution in [0.4, 0.5) is 10.5 Å². The van der Waals surface area contributed by atoms with Gasteiger partial charge in [-0.3, -0.25) is 14.5 Å². The van der Waals surface area contributed by atoms with Gasteiger partial charge in [-0.2, -0.15) is 0 Å². The minimum absolute atomic E-state index is 0.142. The molecular formula is C17H21N3O3. The number of fused-ring (bicyclic) bond motifs is 1. The molecule has 1 aromatic rings. The smallest absolute Gasteiger partial charge is 0.321 e. The van der Waals surface area contributed by atoms with E-state index in [-0.39, 0.29) is 17.8 Å². The van der Waals surface area contributed by atoms with E-state index in [1.54, 1.807) is 18.2 Å². The topological polar surface area (TPSA) is 69.7 Å². The number of anilines is 1. The van der Waals surface area contributed by atoms with Crippen molar-refractivity contribution in [1.82, 2.24) is 9.80 Å². The van der Waals surface area contributed by atoms with Gasteiger partial charge in [0.1, 0.15) is 0 Å². The number of likely N-dealkylation sites (tertiary alicyclic amines) is 1. The van der Waals surface area contributed by atoms with Crippen molar-refractivity contribution in [3.05, 3.63) is 29.3 Å². The number of nitrogens with zero attached hydrogens (tertiary/aromatic N) is 2. The van der Waals surface area contributed by atoms with Gasteiger partial charge in [-0.1, -0.05) is 19.3 Å². The number of amides is 4. The maximum absolute atomic E-state index is 12.4. The van der Waals surface area contributed by atoms with Crippen LogP contribution in [0.5, 0.6) is 0 Å². The fourth-order valence-corrected chi connectivity index (χ4v) is 3.09. The molecule has 2 aliphatic rings. The number of nitrogens with one attached hydrogen (secondary N) is 1. The number of carbonyl (C=O) groups is 3. The lowest BCUT2D eigenvalue weighted by molar-refractivity contribution is 0.0693. The zero-order valence-electron chi connectivity index (χ0n) is 13.3. The zero-order valence-corrected chi connectivity index (χ0v) is 13.3. The van der Waals surface area contributed by atoms with Crippen LogP contribution in [0.15, 0.2) is 18.2 Å². The van der Waals surface area contributed by atoms with Crippen molar-refractivity contribution in [3.63, 3.8) is 0 Å². The van der Waals surface area contributed by atoms with Crippen molar-refractivity contribution in [1.29, 1.82) is 0 Å². The van der Waals surface area contributed by atoms with Crippen LogP contribution in [0.1, 0.15) is 52.8 Å². The fraction of sp³-hybridized carbons (Fsp3) is 0.471. The molecule has 122 valence electrons. The molecule has 0 aliphatic carbocycles. The Bertz CT molecular complexity index is 648. The molecule has 1 N–H and O–H groups in total. The molecule has 2 heterocycles. The molecule has 0 bridgehead atoms. The monoisotopic (exact) mass is 315 g/mol. The van der Waals surface area contributed by atoms with E-state index in [0.29, 0.717) is 16.8 Å². The second kappa shape index (κ2) is 6.40. The van der Waals surface area contributed by atoms with Crippen LogP contribution < -0.4 is 5.32 Å². The summed E-state index contributed by atoms with van der Waals surface area (Å²) in [6.07, 6.45) is 5.60. The standard InChI is InChI=1S/C17H21N3O3/c1-19-15(21)13-8-7-12(11-14(13)16(19)22)18-17(23)20-9-5-3-2-4-6-10-20/h7-8,11H,2-6,9-10H2,1H3,(H,18,23). The van der Waals surface area contributed by atoms with Crippen LogP contribution in [0.2, 0.25) is 0 Å². The molecule has 6 nitrogen and oxygen atoms in total. The number of imide groups is 1. The second-order valence-electron chi connectivity index (χ2n) is 6.11. The van der Waals surface area contributed by atoms with E-state index in [0.717, 1.165) is 43.7 Å². The molecule has 1 aromatic carbocycles. The number of hydrogen-bond donors (Lipinski definition) is 1. The van der Waals surface area contributed by atoms with Gasteiger partial charge in [-0.15, -0.1) is 0 Å². The van der Waals surface area contributed by atoms with Gasteiger partial charge < -0.3 is 10.2 Å². The van der Waals surface area contributed by atoms with E-state index in [2.05, 4.69) is 5.32 Å². The van der Waals surface area contributed by atoms with Gasteiger partial charge >= 0.3 is 6.03 Å². The van der Waals surface area contributed by atoms with Crippen LogP contribution in [0.3, 0.4) is 0 Å². The van der Waals surface area contributed by atoms with Gasteiger partial charge in [0, 0.05) is 25.8 Å². The van der Waals surface area contributed by atoms with Gasteiger partial charge in [0.05, 0.1) is 11.1 Å². The molecule has 0 spiro atoms. The minimum atomic E-state index is -0.327. The van der Waals surface area contributed by atoms with E-state index < -0.39 is 0 Å². The molecule has 0 radical (unpaired) electrons. The second-order valence-corrected chi connectivity index (χ2v) is 6.11. The van der Waals surface area contributed by atoms with Crippen molar-refractivity contribution < 1.29 is 14.4 Å². The largest absolute Gasteiger partial charge is 0.325 e. The molecule has 1 fully saturated rings. The molecular weight excluding hydrogens is 294 g/mol. The number of rotatable bonds is 1. The van der Waals surface area contributed by atoms with E-state index in [1.807, 2.05) is 4.90 Å². The minimum Gasteiger partial charge on any atom is -0.325 e. The lowest BCUT2D eigenvalue weighted by Crippen LogP contribution is -2.37. The maximum Gasteiger partial charge on any atom is 0.321 e. The molecule has 23 heavy (non-hydrogen) atoms. The third-order valence-electron chi connectivity index (χ3n) is 4.48. The van der Waals surface area contributed by atoms with Crippen LogP contribution in [0.25, 0.3) is 0 Å². The molecule has 0 unspecified atom stereocenters. The fourth-order valence-electron chi connectivity index (χ4n) is 3.09. The summed E-state index contributed by atoms with van der Waals surface area (Å²) in [5, 5.41) is 2.84. The van der Waals surface area contributed by atoms with E-state index >= 15 is 0 Å². The van der Waals surface area contributed by atoms with Gasteiger partial charge in [-0.05, 0) is 31.0 Å². The molecule has 1 saturated heterocycles. The van der Waals surface area contributed by atoms with Crippen molar-refractivity contribution in [2.24, 2.45) is 0 Å². The zero-order chi connectivity index (χ0) is 16.4. The van der Waals surface area contributed by atoms with Crippen molar-refractivity contribution in [3.8, 4) is 0 Å². The van der Waals surface area contributed by atoms with Crippen molar-refractivity contribution in [2.45, 2.75) is 32.1 Å². The molecule has 0 aromatic heterocycles. The number of benzene rings is 1. The number of urea groups is 1. The lowest BCUT2D eigenvalue weighted by Gasteiger charge is -2.25.